The largest absolute Gasteiger partial charge is 0.477 e. The number of amides is 1. The van der Waals surface area contributed by atoms with Gasteiger partial charge in [0.1, 0.15) is 5.60 Å². The second-order valence-corrected chi connectivity index (χ2v) is 6.18. The van der Waals surface area contributed by atoms with Gasteiger partial charge in [-0.15, -0.1) is 0 Å². The molecule has 0 saturated carbocycles. The van der Waals surface area contributed by atoms with Crippen molar-refractivity contribution in [1.82, 2.24) is 4.98 Å². The van der Waals surface area contributed by atoms with Crippen LogP contribution in [0.5, 0.6) is 5.88 Å². The molecule has 0 aliphatic rings. The van der Waals surface area contributed by atoms with Crippen LogP contribution in [-0.4, -0.2) is 30.2 Å². The summed E-state index contributed by atoms with van der Waals surface area (Å²) < 4.78 is 11.0. The first kappa shape index (κ1) is 18.4. The zero-order valence-electron chi connectivity index (χ0n) is 14.5. The normalized spacial score (nSPS) is 13.8. The highest BCUT2D eigenvalue weighted by Crippen LogP contribution is 2.24. The third kappa shape index (κ3) is 4.98. The Morgan fingerprint density at radius 1 is 1.45 bits per heavy atom. The van der Waals surface area contributed by atoms with Crippen molar-refractivity contribution < 1.29 is 14.3 Å². The van der Waals surface area contributed by atoms with Gasteiger partial charge in [0, 0.05) is 12.7 Å². The number of carbonyl (C=O) groups is 1. The van der Waals surface area contributed by atoms with Crippen LogP contribution in [0.4, 0.5) is 5.69 Å². The van der Waals surface area contributed by atoms with Crippen molar-refractivity contribution in [1.29, 1.82) is 0 Å². The maximum absolute atomic E-state index is 12.5. The van der Waals surface area contributed by atoms with Gasteiger partial charge in [0.15, 0.2) is 0 Å². The first-order chi connectivity index (χ1) is 10.3. The van der Waals surface area contributed by atoms with Gasteiger partial charge in [-0.2, -0.15) is 0 Å². The van der Waals surface area contributed by atoms with Crippen LogP contribution in [-0.2, 0) is 9.53 Å². The molecule has 1 aromatic heterocycles. The highest BCUT2D eigenvalue weighted by Gasteiger charge is 2.34. The summed E-state index contributed by atoms with van der Waals surface area (Å²) in [6.45, 7) is 10.5. The summed E-state index contributed by atoms with van der Waals surface area (Å²) in [5.41, 5.74) is 0.701. The molecule has 1 rings (SSSR count). The minimum Gasteiger partial charge on any atom is -0.477 e. The highest BCUT2D eigenvalue weighted by molar-refractivity contribution is 5.97. The molecule has 0 aliphatic carbocycles. The van der Waals surface area contributed by atoms with Crippen LogP contribution in [0.3, 0.4) is 0 Å². The Labute approximate surface area is 133 Å². The molecule has 22 heavy (non-hydrogen) atoms. The van der Waals surface area contributed by atoms with Crippen LogP contribution in [0, 0.1) is 12.8 Å². The molecule has 1 atom stereocenters. The fourth-order valence-corrected chi connectivity index (χ4v) is 2.29. The Hall–Kier alpha value is -1.62. The van der Waals surface area contributed by atoms with Crippen molar-refractivity contribution >= 4 is 11.6 Å². The number of aryl methyl sites for hydroxylation is 1. The molecule has 0 aliphatic heterocycles. The van der Waals surface area contributed by atoms with Crippen molar-refractivity contribution in [3.05, 3.63) is 17.8 Å². The zero-order valence-corrected chi connectivity index (χ0v) is 14.5. The van der Waals surface area contributed by atoms with Crippen molar-refractivity contribution in [3.63, 3.8) is 0 Å². The molecule has 0 radical (unpaired) electrons. The van der Waals surface area contributed by atoms with E-state index in [1.54, 1.807) is 20.2 Å². The van der Waals surface area contributed by atoms with E-state index < -0.39 is 5.60 Å². The van der Waals surface area contributed by atoms with E-state index in [2.05, 4.69) is 24.1 Å². The van der Waals surface area contributed by atoms with E-state index in [9.17, 15) is 4.79 Å². The molecular formula is C17H28N2O3. The molecule has 0 unspecified atom stereocenters. The molecule has 0 fully saturated rings. The average Bonchev–Trinajstić information content (AvgIpc) is 2.45. The number of aromatic nitrogens is 1. The number of anilines is 1. The lowest BCUT2D eigenvalue weighted by Crippen LogP contribution is -2.43. The summed E-state index contributed by atoms with van der Waals surface area (Å²) in [6.07, 6.45) is 3.20. The van der Waals surface area contributed by atoms with E-state index >= 15 is 0 Å². The lowest BCUT2D eigenvalue weighted by molar-refractivity contribution is -0.137. The topological polar surface area (TPSA) is 60.5 Å². The molecule has 0 aromatic carbocycles. The van der Waals surface area contributed by atoms with Gasteiger partial charge in [-0.25, -0.2) is 4.98 Å². The third-order valence-corrected chi connectivity index (χ3v) is 3.46. The minimum absolute atomic E-state index is 0.160. The fourth-order valence-electron chi connectivity index (χ4n) is 2.29. The second-order valence-electron chi connectivity index (χ2n) is 6.18. The molecule has 1 heterocycles. The van der Waals surface area contributed by atoms with Gasteiger partial charge in [0.05, 0.1) is 18.5 Å². The van der Waals surface area contributed by atoms with E-state index in [1.807, 2.05) is 19.9 Å². The van der Waals surface area contributed by atoms with Crippen LogP contribution >= 0.6 is 0 Å². The van der Waals surface area contributed by atoms with Crippen LogP contribution in [0.1, 0.15) is 46.1 Å². The van der Waals surface area contributed by atoms with Crippen LogP contribution < -0.4 is 10.1 Å². The summed E-state index contributed by atoms with van der Waals surface area (Å²) >= 11 is 0. The summed E-state index contributed by atoms with van der Waals surface area (Å²) in [5.74, 6) is 0.809. The van der Waals surface area contributed by atoms with Crippen LogP contribution in [0.15, 0.2) is 12.3 Å². The van der Waals surface area contributed by atoms with E-state index in [0.29, 0.717) is 30.5 Å². The zero-order chi connectivity index (χ0) is 16.8. The Morgan fingerprint density at radius 3 is 2.64 bits per heavy atom. The lowest BCUT2D eigenvalue weighted by atomic mass is 9.93. The maximum atomic E-state index is 12.5. The maximum Gasteiger partial charge on any atom is 0.256 e. The molecule has 0 saturated heterocycles. The summed E-state index contributed by atoms with van der Waals surface area (Å²) in [5, 5.41) is 2.88. The molecule has 5 nitrogen and oxygen atoms in total. The van der Waals surface area contributed by atoms with Crippen molar-refractivity contribution in [2.24, 2.45) is 5.92 Å². The Bertz CT molecular complexity index is 503. The molecule has 1 amide bonds. The van der Waals surface area contributed by atoms with Crippen LogP contribution in [0.25, 0.3) is 0 Å². The average molecular weight is 308 g/mol. The predicted molar refractivity (Wildman–Crippen MR) is 88.3 cm³/mol. The van der Waals surface area contributed by atoms with Gasteiger partial charge in [-0.1, -0.05) is 20.8 Å². The highest BCUT2D eigenvalue weighted by atomic mass is 16.5. The molecule has 1 aromatic rings. The number of pyridine rings is 1. The number of nitrogens with one attached hydrogen (secondary N) is 1. The van der Waals surface area contributed by atoms with Crippen molar-refractivity contribution in [2.75, 3.05) is 19.0 Å². The molecule has 0 bridgehead atoms. The fraction of sp³-hybridized carbons (Fsp3) is 0.647. The van der Waals surface area contributed by atoms with Crippen LogP contribution in [0.2, 0.25) is 0 Å². The Balaban J connectivity index is 2.81. The molecule has 1 N–H and O–H groups in total. The second kappa shape index (κ2) is 8.13. The lowest BCUT2D eigenvalue weighted by Gasteiger charge is -2.28. The van der Waals surface area contributed by atoms with Gasteiger partial charge in [-0.3, -0.25) is 4.79 Å². The van der Waals surface area contributed by atoms with Gasteiger partial charge >= 0.3 is 0 Å². The van der Waals surface area contributed by atoms with Crippen molar-refractivity contribution in [2.45, 2.75) is 53.1 Å². The summed E-state index contributed by atoms with van der Waals surface area (Å²) in [6, 6.07) is 1.86. The number of carbonyl (C=O) groups excluding carboxylic acids is 1. The molecule has 0 spiro atoms. The van der Waals surface area contributed by atoms with E-state index in [0.717, 1.165) is 12.0 Å². The standard InChI is InChI=1S/C17H28N2O3/c1-7-8-22-15-13(4)9-14(11-18-15)19-16(20)17(5,21-6)10-12(2)3/h9,11-12H,7-8,10H2,1-6H3,(H,19,20)/t17-/m1/s1. The monoisotopic (exact) mass is 308 g/mol. The Kier molecular flexibility index (Phi) is 6.81. The van der Waals surface area contributed by atoms with Gasteiger partial charge < -0.3 is 14.8 Å². The van der Waals surface area contributed by atoms with Gasteiger partial charge in [0.25, 0.3) is 5.91 Å². The summed E-state index contributed by atoms with van der Waals surface area (Å²) in [4.78, 5) is 16.7. The smallest absolute Gasteiger partial charge is 0.256 e. The number of nitrogens with zero attached hydrogens (tertiary/aromatic N) is 1. The number of rotatable bonds is 8. The number of hydrogen-bond acceptors (Lipinski definition) is 4. The third-order valence-electron chi connectivity index (χ3n) is 3.46. The number of ether oxygens (including phenoxy) is 2. The first-order valence-corrected chi connectivity index (χ1v) is 7.78. The summed E-state index contributed by atoms with van der Waals surface area (Å²) in [7, 11) is 1.56. The molecule has 124 valence electrons. The van der Waals surface area contributed by atoms with Gasteiger partial charge in [0.2, 0.25) is 5.88 Å². The molecule has 5 heteroatoms. The van der Waals surface area contributed by atoms with E-state index in [4.69, 9.17) is 9.47 Å². The predicted octanol–water partition coefficient (Wildman–Crippen LogP) is 3.57. The molecular weight excluding hydrogens is 280 g/mol. The van der Waals surface area contributed by atoms with E-state index in [1.165, 1.54) is 0 Å². The SMILES string of the molecule is CCCOc1ncc(NC(=O)[C@@](C)(CC(C)C)OC)cc1C. The first-order valence-electron chi connectivity index (χ1n) is 7.78. The minimum atomic E-state index is -0.848. The van der Waals surface area contributed by atoms with E-state index in [-0.39, 0.29) is 5.91 Å². The number of hydrogen-bond donors (Lipinski definition) is 1. The van der Waals surface area contributed by atoms with Crippen molar-refractivity contribution in [3.8, 4) is 5.88 Å². The Morgan fingerprint density at radius 2 is 2.14 bits per heavy atom. The quantitative estimate of drug-likeness (QED) is 0.797. The number of methoxy groups -OCH3 is 1. The van der Waals surface area contributed by atoms with Gasteiger partial charge in [-0.05, 0) is 38.7 Å².